The Morgan fingerprint density at radius 1 is 1.42 bits per heavy atom. The lowest BCUT2D eigenvalue weighted by Crippen LogP contribution is -2.32. The molecule has 0 bridgehead atoms. The first kappa shape index (κ1) is 23.0. The van der Waals surface area contributed by atoms with Crippen molar-refractivity contribution in [1.29, 1.82) is 5.26 Å². The zero-order valence-electron chi connectivity index (χ0n) is 17.3. The van der Waals surface area contributed by atoms with Crippen LogP contribution in [0.4, 0.5) is 0 Å². The number of carbonyl (C=O) groups excluding carboxylic acids is 2. The Hall–Kier alpha value is -2.67. The van der Waals surface area contributed by atoms with E-state index in [0.717, 1.165) is 28.2 Å². The number of methoxy groups -OCH3 is 1. The second kappa shape index (κ2) is 11.1. The molecular formula is C22H25BrN4O4. The van der Waals surface area contributed by atoms with E-state index in [1.165, 1.54) is 0 Å². The van der Waals surface area contributed by atoms with E-state index in [2.05, 4.69) is 26.6 Å². The molecule has 3 rings (SSSR count). The van der Waals surface area contributed by atoms with Gasteiger partial charge in [-0.15, -0.1) is 0 Å². The van der Waals surface area contributed by atoms with Crippen LogP contribution in [0.1, 0.15) is 18.4 Å². The quantitative estimate of drug-likeness (QED) is 0.320. The molecule has 164 valence electrons. The molecule has 0 radical (unpaired) electrons. The van der Waals surface area contributed by atoms with Crippen molar-refractivity contribution < 1.29 is 19.1 Å². The number of ether oxygens (including phenoxy) is 2. The minimum atomic E-state index is -0.439. The van der Waals surface area contributed by atoms with Gasteiger partial charge in [-0.2, -0.15) is 5.26 Å². The van der Waals surface area contributed by atoms with E-state index >= 15 is 0 Å². The van der Waals surface area contributed by atoms with Crippen LogP contribution in [-0.4, -0.2) is 55.9 Å². The SMILES string of the molecule is COCCNC(=O)Cn1cc(/C=C(\C#N)C(=O)NC[C@H]2CCCO2)c2cc(Br)ccc21. The maximum absolute atomic E-state index is 12.5. The van der Waals surface area contributed by atoms with Crippen LogP contribution in [-0.2, 0) is 25.6 Å². The standard InChI is InChI=1S/C22H25BrN4O4/c1-30-8-6-25-21(28)14-27-13-16(19-10-17(23)4-5-20(19)27)9-15(11-24)22(29)26-12-18-3-2-7-31-18/h4-5,9-10,13,18H,2-3,6-8,12,14H2,1H3,(H,25,28)(H,26,29)/b15-9+/t18-/m1/s1. The molecule has 2 N–H and O–H groups in total. The Morgan fingerprint density at radius 2 is 2.26 bits per heavy atom. The Labute approximate surface area is 189 Å². The van der Waals surface area contributed by atoms with Gasteiger partial charge < -0.3 is 24.7 Å². The molecule has 31 heavy (non-hydrogen) atoms. The number of aromatic nitrogens is 1. The maximum Gasteiger partial charge on any atom is 0.262 e. The molecular weight excluding hydrogens is 464 g/mol. The van der Waals surface area contributed by atoms with Gasteiger partial charge in [-0.3, -0.25) is 9.59 Å². The number of nitrogens with one attached hydrogen (secondary N) is 2. The highest BCUT2D eigenvalue weighted by Crippen LogP contribution is 2.27. The highest BCUT2D eigenvalue weighted by atomic mass is 79.9. The third kappa shape index (κ3) is 6.17. The Balaban J connectivity index is 1.82. The van der Waals surface area contributed by atoms with Crippen LogP contribution in [0.25, 0.3) is 17.0 Å². The van der Waals surface area contributed by atoms with E-state index in [1.54, 1.807) is 23.9 Å². The fourth-order valence-electron chi connectivity index (χ4n) is 3.46. The van der Waals surface area contributed by atoms with Crippen LogP contribution >= 0.6 is 15.9 Å². The summed E-state index contributed by atoms with van der Waals surface area (Å²) in [5.41, 5.74) is 1.51. The summed E-state index contributed by atoms with van der Waals surface area (Å²) < 4.78 is 13.1. The van der Waals surface area contributed by atoms with E-state index in [4.69, 9.17) is 9.47 Å². The second-order valence-corrected chi connectivity index (χ2v) is 8.15. The largest absolute Gasteiger partial charge is 0.383 e. The first-order chi connectivity index (χ1) is 15.0. The average molecular weight is 489 g/mol. The van der Waals surface area contributed by atoms with Gasteiger partial charge in [-0.25, -0.2) is 0 Å². The number of benzene rings is 1. The number of nitriles is 1. The Bertz CT molecular complexity index is 1020. The summed E-state index contributed by atoms with van der Waals surface area (Å²) in [5.74, 6) is -0.589. The molecule has 0 spiro atoms. The third-order valence-electron chi connectivity index (χ3n) is 5.00. The Morgan fingerprint density at radius 3 is 2.97 bits per heavy atom. The highest BCUT2D eigenvalue weighted by Gasteiger charge is 2.18. The van der Waals surface area contributed by atoms with Gasteiger partial charge in [0.15, 0.2) is 0 Å². The monoisotopic (exact) mass is 488 g/mol. The van der Waals surface area contributed by atoms with E-state index in [1.807, 2.05) is 24.3 Å². The first-order valence-electron chi connectivity index (χ1n) is 10.1. The molecule has 1 aromatic heterocycles. The van der Waals surface area contributed by atoms with Crippen LogP contribution in [0.3, 0.4) is 0 Å². The number of hydrogen-bond donors (Lipinski definition) is 2. The normalized spacial score (nSPS) is 16.3. The predicted molar refractivity (Wildman–Crippen MR) is 120 cm³/mol. The van der Waals surface area contributed by atoms with Gasteiger partial charge in [0.2, 0.25) is 5.91 Å². The lowest BCUT2D eigenvalue weighted by Gasteiger charge is -2.10. The van der Waals surface area contributed by atoms with Crippen LogP contribution in [0.5, 0.6) is 0 Å². The van der Waals surface area contributed by atoms with Gasteiger partial charge in [0.05, 0.1) is 12.7 Å². The molecule has 2 heterocycles. The lowest BCUT2D eigenvalue weighted by atomic mass is 10.1. The van der Waals surface area contributed by atoms with Gasteiger partial charge in [0.25, 0.3) is 5.91 Å². The number of amides is 2. The number of halogens is 1. The van der Waals surface area contributed by atoms with E-state index < -0.39 is 5.91 Å². The summed E-state index contributed by atoms with van der Waals surface area (Å²) in [6.45, 7) is 2.06. The molecule has 8 nitrogen and oxygen atoms in total. The van der Waals surface area contributed by atoms with Crippen molar-refractivity contribution in [2.24, 2.45) is 0 Å². The van der Waals surface area contributed by atoms with Gasteiger partial charge in [0, 0.05) is 53.9 Å². The van der Waals surface area contributed by atoms with E-state index in [0.29, 0.717) is 31.9 Å². The van der Waals surface area contributed by atoms with Crippen molar-refractivity contribution in [2.75, 3.05) is 33.4 Å². The molecule has 1 fully saturated rings. The first-order valence-corrected chi connectivity index (χ1v) is 10.9. The van der Waals surface area contributed by atoms with Gasteiger partial charge >= 0.3 is 0 Å². The summed E-state index contributed by atoms with van der Waals surface area (Å²) in [4.78, 5) is 24.8. The van der Waals surface area contributed by atoms with Crippen LogP contribution in [0.15, 0.2) is 34.4 Å². The summed E-state index contributed by atoms with van der Waals surface area (Å²) in [6.07, 6.45) is 5.21. The molecule has 1 saturated heterocycles. The van der Waals surface area contributed by atoms with Crippen LogP contribution in [0, 0.1) is 11.3 Å². The van der Waals surface area contributed by atoms with Crippen molar-refractivity contribution in [3.63, 3.8) is 0 Å². The topological polar surface area (TPSA) is 105 Å². The van der Waals surface area contributed by atoms with Crippen LogP contribution in [0.2, 0.25) is 0 Å². The predicted octanol–water partition coefficient (Wildman–Crippen LogP) is 2.37. The molecule has 0 aliphatic carbocycles. The molecule has 1 aliphatic rings. The minimum absolute atomic E-state index is 0.00145. The third-order valence-corrected chi connectivity index (χ3v) is 5.49. The minimum Gasteiger partial charge on any atom is -0.383 e. The molecule has 0 saturated carbocycles. The summed E-state index contributed by atoms with van der Waals surface area (Å²) in [5, 5.41) is 15.9. The number of fused-ring (bicyclic) bond motifs is 1. The highest BCUT2D eigenvalue weighted by molar-refractivity contribution is 9.10. The van der Waals surface area contributed by atoms with Crippen molar-refractivity contribution in [2.45, 2.75) is 25.5 Å². The maximum atomic E-state index is 12.5. The molecule has 1 aromatic carbocycles. The summed E-state index contributed by atoms with van der Waals surface area (Å²) in [6, 6.07) is 7.66. The lowest BCUT2D eigenvalue weighted by molar-refractivity contribution is -0.121. The molecule has 9 heteroatoms. The average Bonchev–Trinajstić information content (AvgIpc) is 3.38. The molecule has 1 aliphatic heterocycles. The van der Waals surface area contributed by atoms with Crippen LogP contribution < -0.4 is 10.6 Å². The second-order valence-electron chi connectivity index (χ2n) is 7.23. The molecule has 2 amide bonds. The fourth-order valence-corrected chi connectivity index (χ4v) is 3.82. The number of carbonyl (C=O) groups is 2. The van der Waals surface area contributed by atoms with Crippen molar-refractivity contribution in [3.05, 3.63) is 40.0 Å². The Kier molecular flexibility index (Phi) is 8.23. The van der Waals surface area contributed by atoms with E-state index in [-0.39, 0.29) is 24.1 Å². The zero-order chi connectivity index (χ0) is 22.2. The number of rotatable bonds is 9. The molecule has 1 atom stereocenters. The van der Waals surface area contributed by atoms with Gasteiger partial charge in [0.1, 0.15) is 18.2 Å². The van der Waals surface area contributed by atoms with Crippen molar-refractivity contribution >= 4 is 44.7 Å². The molecule has 2 aromatic rings. The van der Waals surface area contributed by atoms with Gasteiger partial charge in [-0.1, -0.05) is 15.9 Å². The van der Waals surface area contributed by atoms with Crippen molar-refractivity contribution in [3.8, 4) is 6.07 Å². The van der Waals surface area contributed by atoms with Crippen molar-refractivity contribution in [1.82, 2.24) is 15.2 Å². The smallest absolute Gasteiger partial charge is 0.262 e. The summed E-state index contributed by atoms with van der Waals surface area (Å²) in [7, 11) is 1.58. The fraction of sp³-hybridized carbons (Fsp3) is 0.409. The number of nitrogens with zero attached hydrogens (tertiary/aromatic N) is 2. The number of hydrogen-bond acceptors (Lipinski definition) is 5. The zero-order valence-corrected chi connectivity index (χ0v) is 18.9. The molecule has 0 unspecified atom stereocenters. The van der Waals surface area contributed by atoms with E-state index in [9.17, 15) is 14.9 Å². The van der Waals surface area contributed by atoms with Gasteiger partial charge in [-0.05, 0) is 37.1 Å². The summed E-state index contributed by atoms with van der Waals surface area (Å²) >= 11 is 3.46.